The van der Waals surface area contributed by atoms with E-state index in [2.05, 4.69) is 21.9 Å². The average molecular weight is 313 g/mol. The normalized spacial score (nSPS) is 11.5. The van der Waals surface area contributed by atoms with Gasteiger partial charge in [0.1, 0.15) is 0 Å². The molecule has 0 aliphatic rings. The molecule has 0 aromatic heterocycles. The molecule has 0 spiro atoms. The van der Waals surface area contributed by atoms with E-state index < -0.39 is 5.82 Å². The third-order valence-electron chi connectivity index (χ3n) is 2.84. The van der Waals surface area contributed by atoms with Gasteiger partial charge in [0, 0.05) is 13.1 Å². The minimum atomic E-state index is -0.613. The van der Waals surface area contributed by atoms with Gasteiger partial charge in [-0.2, -0.15) is 11.8 Å². The van der Waals surface area contributed by atoms with Gasteiger partial charge in [0.2, 0.25) is 0 Å². The zero-order chi connectivity index (χ0) is 15.5. The summed E-state index contributed by atoms with van der Waals surface area (Å²) < 4.78 is 13.2. The van der Waals surface area contributed by atoms with Crippen LogP contribution in [0.15, 0.2) is 23.2 Å². The maximum absolute atomic E-state index is 13.2. The van der Waals surface area contributed by atoms with Crippen LogP contribution in [0.3, 0.4) is 0 Å². The Morgan fingerprint density at radius 3 is 2.81 bits per heavy atom. The van der Waals surface area contributed by atoms with Crippen LogP contribution in [-0.2, 0) is 6.54 Å². The summed E-state index contributed by atoms with van der Waals surface area (Å²) in [4.78, 5) is 4.41. The van der Waals surface area contributed by atoms with Crippen molar-refractivity contribution in [1.29, 1.82) is 0 Å². The van der Waals surface area contributed by atoms with Crippen LogP contribution in [0.2, 0.25) is 0 Å². The Labute approximate surface area is 130 Å². The SMILES string of the molecule is CCNC(=NCc1ccc(O)c(F)c1)NCCCCSC. The van der Waals surface area contributed by atoms with Gasteiger partial charge in [0.25, 0.3) is 0 Å². The number of guanidine groups is 1. The first-order valence-electron chi connectivity index (χ1n) is 7.16. The lowest BCUT2D eigenvalue weighted by molar-refractivity contribution is 0.432. The van der Waals surface area contributed by atoms with Gasteiger partial charge in [-0.05, 0) is 49.5 Å². The van der Waals surface area contributed by atoms with E-state index in [1.54, 1.807) is 6.07 Å². The van der Waals surface area contributed by atoms with E-state index in [1.165, 1.54) is 24.3 Å². The zero-order valence-electron chi connectivity index (χ0n) is 12.7. The van der Waals surface area contributed by atoms with Gasteiger partial charge in [-0.1, -0.05) is 6.07 Å². The van der Waals surface area contributed by atoms with Gasteiger partial charge >= 0.3 is 0 Å². The summed E-state index contributed by atoms with van der Waals surface area (Å²) in [6.07, 6.45) is 4.38. The van der Waals surface area contributed by atoms with Crippen molar-refractivity contribution in [3.05, 3.63) is 29.6 Å². The van der Waals surface area contributed by atoms with Crippen LogP contribution >= 0.6 is 11.8 Å². The number of aromatic hydroxyl groups is 1. The molecular weight excluding hydrogens is 289 g/mol. The second kappa shape index (κ2) is 10.3. The van der Waals surface area contributed by atoms with E-state index in [1.807, 2.05) is 18.7 Å². The zero-order valence-corrected chi connectivity index (χ0v) is 13.5. The van der Waals surface area contributed by atoms with Crippen LogP contribution in [0, 0.1) is 5.82 Å². The molecule has 0 aliphatic carbocycles. The molecule has 0 radical (unpaired) electrons. The summed E-state index contributed by atoms with van der Waals surface area (Å²) in [7, 11) is 0. The summed E-state index contributed by atoms with van der Waals surface area (Å²) in [6.45, 7) is 4.03. The quantitative estimate of drug-likeness (QED) is 0.392. The molecule has 0 saturated carbocycles. The largest absolute Gasteiger partial charge is 0.505 e. The molecule has 21 heavy (non-hydrogen) atoms. The van der Waals surface area contributed by atoms with Gasteiger partial charge in [0.05, 0.1) is 6.54 Å². The van der Waals surface area contributed by atoms with E-state index in [9.17, 15) is 4.39 Å². The number of hydrogen-bond acceptors (Lipinski definition) is 3. The van der Waals surface area contributed by atoms with Crippen molar-refractivity contribution >= 4 is 17.7 Å². The van der Waals surface area contributed by atoms with Crippen molar-refractivity contribution in [2.75, 3.05) is 25.1 Å². The monoisotopic (exact) mass is 313 g/mol. The highest BCUT2D eigenvalue weighted by atomic mass is 32.2. The molecule has 0 atom stereocenters. The first-order valence-corrected chi connectivity index (χ1v) is 8.55. The highest BCUT2D eigenvalue weighted by Gasteiger charge is 2.02. The second-order valence-corrected chi connectivity index (χ2v) is 5.59. The van der Waals surface area contributed by atoms with E-state index in [0.29, 0.717) is 6.54 Å². The van der Waals surface area contributed by atoms with Gasteiger partial charge < -0.3 is 15.7 Å². The predicted octanol–water partition coefficient (Wildman–Crippen LogP) is 2.73. The van der Waals surface area contributed by atoms with Crippen molar-refractivity contribution in [3.63, 3.8) is 0 Å². The van der Waals surface area contributed by atoms with Crippen LogP contribution in [0.1, 0.15) is 25.3 Å². The number of benzene rings is 1. The molecule has 0 saturated heterocycles. The number of thioether (sulfide) groups is 1. The van der Waals surface area contributed by atoms with Crippen LogP contribution in [0.5, 0.6) is 5.75 Å². The van der Waals surface area contributed by atoms with E-state index in [4.69, 9.17) is 5.11 Å². The Hall–Kier alpha value is -1.43. The summed E-state index contributed by atoms with van der Waals surface area (Å²) >= 11 is 1.85. The molecule has 1 aromatic carbocycles. The summed E-state index contributed by atoms with van der Waals surface area (Å²) in [5, 5.41) is 15.6. The molecule has 1 aromatic rings. The van der Waals surface area contributed by atoms with E-state index in [0.717, 1.165) is 31.0 Å². The van der Waals surface area contributed by atoms with Gasteiger partial charge in [-0.15, -0.1) is 0 Å². The Morgan fingerprint density at radius 2 is 2.14 bits per heavy atom. The van der Waals surface area contributed by atoms with Crippen LogP contribution in [-0.4, -0.2) is 36.2 Å². The van der Waals surface area contributed by atoms with Gasteiger partial charge in [0.15, 0.2) is 17.5 Å². The fraction of sp³-hybridized carbons (Fsp3) is 0.533. The molecule has 1 rings (SSSR count). The predicted molar refractivity (Wildman–Crippen MR) is 88.5 cm³/mol. The number of phenolic OH excluding ortho intramolecular Hbond substituents is 1. The number of aliphatic imine (C=N–C) groups is 1. The minimum absolute atomic E-state index is 0.332. The molecule has 3 N–H and O–H groups in total. The fourth-order valence-electron chi connectivity index (χ4n) is 1.74. The number of hydrogen-bond donors (Lipinski definition) is 3. The Bertz CT molecular complexity index is 455. The number of halogens is 1. The number of nitrogens with zero attached hydrogens (tertiary/aromatic N) is 1. The van der Waals surface area contributed by atoms with Crippen molar-refractivity contribution < 1.29 is 9.50 Å². The van der Waals surface area contributed by atoms with Crippen LogP contribution in [0.4, 0.5) is 4.39 Å². The summed E-state index contributed by atoms with van der Waals surface area (Å²) in [6, 6.07) is 4.33. The Morgan fingerprint density at radius 1 is 1.33 bits per heavy atom. The standard InChI is InChI=1S/C15H24FN3OS/c1-3-17-15(18-8-4-5-9-21-2)19-11-12-6-7-14(20)13(16)10-12/h6-7,10,20H,3-5,8-9,11H2,1-2H3,(H2,17,18,19). The van der Waals surface area contributed by atoms with Crippen LogP contribution in [0.25, 0.3) is 0 Å². The number of unbranched alkanes of at least 4 members (excludes halogenated alkanes) is 1. The van der Waals surface area contributed by atoms with Crippen molar-refractivity contribution in [1.82, 2.24) is 10.6 Å². The number of phenols is 1. The van der Waals surface area contributed by atoms with Crippen molar-refractivity contribution in [3.8, 4) is 5.75 Å². The second-order valence-electron chi connectivity index (χ2n) is 4.61. The maximum atomic E-state index is 13.2. The molecule has 0 heterocycles. The highest BCUT2D eigenvalue weighted by molar-refractivity contribution is 7.98. The van der Waals surface area contributed by atoms with Crippen molar-refractivity contribution in [2.45, 2.75) is 26.3 Å². The first-order chi connectivity index (χ1) is 10.2. The fourth-order valence-corrected chi connectivity index (χ4v) is 2.23. The Balaban J connectivity index is 2.48. The summed E-state index contributed by atoms with van der Waals surface area (Å²) in [5.41, 5.74) is 0.727. The molecule has 0 aliphatic heterocycles. The lowest BCUT2D eigenvalue weighted by atomic mass is 10.2. The summed E-state index contributed by atoms with van der Waals surface area (Å²) in [5.74, 6) is 0.955. The minimum Gasteiger partial charge on any atom is -0.505 e. The Kier molecular flexibility index (Phi) is 8.66. The third-order valence-corrected chi connectivity index (χ3v) is 3.54. The molecule has 4 nitrogen and oxygen atoms in total. The number of nitrogens with one attached hydrogen (secondary N) is 2. The highest BCUT2D eigenvalue weighted by Crippen LogP contribution is 2.16. The molecular formula is C15H24FN3OS. The molecule has 0 bridgehead atoms. The molecule has 6 heteroatoms. The number of rotatable bonds is 8. The average Bonchev–Trinajstić information content (AvgIpc) is 2.48. The van der Waals surface area contributed by atoms with Crippen molar-refractivity contribution in [2.24, 2.45) is 4.99 Å². The molecule has 0 amide bonds. The van der Waals surface area contributed by atoms with E-state index in [-0.39, 0.29) is 5.75 Å². The van der Waals surface area contributed by atoms with Gasteiger partial charge in [-0.25, -0.2) is 9.38 Å². The lowest BCUT2D eigenvalue weighted by Gasteiger charge is -2.11. The first kappa shape index (κ1) is 17.6. The van der Waals surface area contributed by atoms with Gasteiger partial charge in [-0.3, -0.25) is 0 Å². The third kappa shape index (κ3) is 7.22. The molecule has 0 fully saturated rings. The van der Waals surface area contributed by atoms with Crippen LogP contribution < -0.4 is 10.6 Å². The maximum Gasteiger partial charge on any atom is 0.191 e. The lowest BCUT2D eigenvalue weighted by Crippen LogP contribution is -2.37. The topological polar surface area (TPSA) is 56.7 Å². The van der Waals surface area contributed by atoms with E-state index >= 15 is 0 Å². The molecule has 118 valence electrons. The molecule has 0 unspecified atom stereocenters. The smallest absolute Gasteiger partial charge is 0.191 e.